The van der Waals surface area contributed by atoms with E-state index in [-0.39, 0.29) is 18.6 Å². The first kappa shape index (κ1) is 19.1. The number of esters is 1. The summed E-state index contributed by atoms with van der Waals surface area (Å²) < 4.78 is 10.6. The van der Waals surface area contributed by atoms with Crippen LogP contribution in [-0.2, 0) is 9.53 Å². The van der Waals surface area contributed by atoms with Gasteiger partial charge in [-0.2, -0.15) is 0 Å². The molecule has 0 spiro atoms. The van der Waals surface area contributed by atoms with Crippen molar-refractivity contribution in [3.63, 3.8) is 0 Å². The van der Waals surface area contributed by atoms with Crippen LogP contribution in [0.25, 0.3) is 0 Å². The molecular weight excluding hydrogens is 344 g/mol. The van der Waals surface area contributed by atoms with Crippen molar-refractivity contribution < 1.29 is 19.1 Å². The molecule has 1 heterocycles. The van der Waals surface area contributed by atoms with Gasteiger partial charge in [0.1, 0.15) is 5.75 Å². The molecule has 1 aromatic carbocycles. The van der Waals surface area contributed by atoms with E-state index in [4.69, 9.17) is 21.1 Å². The van der Waals surface area contributed by atoms with Crippen molar-refractivity contribution in [1.29, 1.82) is 0 Å². The molecule has 1 aliphatic rings. The van der Waals surface area contributed by atoms with E-state index in [2.05, 4.69) is 10.6 Å². The van der Waals surface area contributed by atoms with Gasteiger partial charge in [-0.3, -0.25) is 0 Å². The molecule has 136 valence electrons. The summed E-state index contributed by atoms with van der Waals surface area (Å²) in [6, 6.07) is 4.20. The fraction of sp³-hybridized carbons (Fsp3) is 0.444. The number of nitrogens with one attached hydrogen (secondary N) is 2. The number of hydrogen-bond donors (Lipinski definition) is 2. The largest absolute Gasteiger partial charge is 0.492 e. The number of amides is 2. The Hall–Kier alpha value is -2.21. The highest BCUT2D eigenvalue weighted by Crippen LogP contribution is 2.34. The molecule has 25 heavy (non-hydrogen) atoms. The first-order valence-electron chi connectivity index (χ1n) is 8.29. The van der Waals surface area contributed by atoms with Crippen LogP contribution in [0.1, 0.15) is 39.3 Å². The molecule has 0 saturated heterocycles. The lowest BCUT2D eigenvalue weighted by Gasteiger charge is -2.31. The number of carbonyl (C=O) groups excluding carboxylic acids is 2. The van der Waals surface area contributed by atoms with Gasteiger partial charge in [-0.15, -0.1) is 0 Å². The Bertz CT molecular complexity index is 700. The van der Waals surface area contributed by atoms with Gasteiger partial charge in [0.15, 0.2) is 0 Å². The zero-order valence-corrected chi connectivity index (χ0v) is 15.6. The van der Waals surface area contributed by atoms with Crippen molar-refractivity contribution >= 4 is 23.6 Å². The summed E-state index contributed by atoms with van der Waals surface area (Å²) in [5.41, 5.74) is 1.62. The van der Waals surface area contributed by atoms with Gasteiger partial charge in [0, 0.05) is 5.70 Å². The maximum absolute atomic E-state index is 12.5. The molecule has 1 atom stereocenters. The Morgan fingerprint density at radius 3 is 2.56 bits per heavy atom. The number of rotatable bonds is 6. The predicted molar refractivity (Wildman–Crippen MR) is 95.5 cm³/mol. The Morgan fingerprint density at radius 1 is 1.28 bits per heavy atom. The summed E-state index contributed by atoms with van der Waals surface area (Å²) >= 11 is 6.27. The smallest absolute Gasteiger partial charge is 0.338 e. The second-order valence-corrected chi connectivity index (χ2v) is 6.26. The molecule has 1 unspecified atom stereocenters. The number of allylic oxidation sites excluding steroid dienone is 1. The molecule has 1 aliphatic heterocycles. The highest BCUT2D eigenvalue weighted by atomic mass is 35.5. The van der Waals surface area contributed by atoms with Crippen LogP contribution in [0, 0.1) is 5.92 Å². The summed E-state index contributed by atoms with van der Waals surface area (Å²) in [6.45, 7) is 8.16. The second kappa shape index (κ2) is 8.25. The van der Waals surface area contributed by atoms with Crippen LogP contribution >= 0.6 is 11.6 Å². The first-order valence-corrected chi connectivity index (χ1v) is 8.67. The number of carbonyl (C=O) groups is 2. The normalized spacial score (nSPS) is 17.2. The third-order valence-electron chi connectivity index (χ3n) is 3.76. The number of ether oxygens (including phenoxy) is 2. The second-order valence-electron chi connectivity index (χ2n) is 5.86. The van der Waals surface area contributed by atoms with Gasteiger partial charge in [-0.1, -0.05) is 31.5 Å². The minimum absolute atomic E-state index is 0.0499. The summed E-state index contributed by atoms with van der Waals surface area (Å²) in [6.07, 6.45) is 0. The lowest BCUT2D eigenvalue weighted by molar-refractivity contribution is -0.139. The van der Waals surface area contributed by atoms with E-state index in [9.17, 15) is 9.59 Å². The number of hydrogen-bond acceptors (Lipinski definition) is 4. The quantitative estimate of drug-likeness (QED) is 0.754. The fourth-order valence-electron chi connectivity index (χ4n) is 2.70. The molecule has 2 amide bonds. The van der Waals surface area contributed by atoms with Crippen molar-refractivity contribution in [3.8, 4) is 5.75 Å². The zero-order chi connectivity index (χ0) is 18.6. The minimum Gasteiger partial charge on any atom is -0.492 e. The third-order valence-corrected chi connectivity index (χ3v) is 4.06. The lowest BCUT2D eigenvalue weighted by atomic mass is 9.91. The molecule has 7 heteroatoms. The van der Waals surface area contributed by atoms with Crippen LogP contribution in [0.4, 0.5) is 4.79 Å². The summed E-state index contributed by atoms with van der Waals surface area (Å²) in [4.78, 5) is 24.6. The Labute approximate surface area is 152 Å². The predicted octanol–water partition coefficient (Wildman–Crippen LogP) is 3.57. The molecule has 0 radical (unpaired) electrons. The van der Waals surface area contributed by atoms with Gasteiger partial charge in [0.2, 0.25) is 0 Å². The maximum atomic E-state index is 12.5. The van der Waals surface area contributed by atoms with Gasteiger partial charge < -0.3 is 20.1 Å². The molecule has 0 aromatic heterocycles. The molecule has 0 aliphatic carbocycles. The van der Waals surface area contributed by atoms with Crippen LogP contribution < -0.4 is 15.4 Å². The van der Waals surface area contributed by atoms with E-state index >= 15 is 0 Å². The molecule has 0 bridgehead atoms. The maximum Gasteiger partial charge on any atom is 0.338 e. The van der Waals surface area contributed by atoms with E-state index in [1.54, 1.807) is 25.1 Å². The van der Waals surface area contributed by atoms with Crippen molar-refractivity contribution in [2.24, 2.45) is 5.92 Å². The van der Waals surface area contributed by atoms with Gasteiger partial charge >= 0.3 is 12.0 Å². The Morgan fingerprint density at radius 2 is 2.00 bits per heavy atom. The fourth-order valence-corrected chi connectivity index (χ4v) is 2.94. The standard InChI is InChI=1S/C18H23ClN2O4/c1-5-24-13-8-7-11(9-12(13)19)16-14(17(22)25-6-2)15(10(3)4)20-18(23)21-16/h7-10,16H,5-6H2,1-4H3,(H2,20,21,23). The van der Waals surface area contributed by atoms with Crippen LogP contribution in [-0.4, -0.2) is 25.2 Å². The lowest BCUT2D eigenvalue weighted by Crippen LogP contribution is -2.47. The topological polar surface area (TPSA) is 76.7 Å². The molecule has 0 fully saturated rings. The SMILES string of the molecule is CCOC(=O)C1=C(C(C)C)NC(=O)NC1c1ccc(OCC)c(Cl)c1. The highest BCUT2D eigenvalue weighted by Gasteiger charge is 2.34. The number of benzene rings is 1. The van der Waals surface area contributed by atoms with Crippen LogP contribution in [0.3, 0.4) is 0 Å². The van der Waals surface area contributed by atoms with Gasteiger partial charge in [-0.05, 0) is 37.5 Å². The van der Waals surface area contributed by atoms with Crippen molar-refractivity contribution in [1.82, 2.24) is 10.6 Å². The van der Waals surface area contributed by atoms with Gasteiger partial charge in [0.05, 0.1) is 29.9 Å². The summed E-state index contributed by atoms with van der Waals surface area (Å²) in [5, 5.41) is 5.92. The summed E-state index contributed by atoms with van der Waals surface area (Å²) in [5.74, 6) is 0.0405. The molecule has 1 aromatic rings. The van der Waals surface area contributed by atoms with E-state index in [1.807, 2.05) is 20.8 Å². The molecule has 2 rings (SSSR count). The van der Waals surface area contributed by atoms with Crippen molar-refractivity contribution in [2.75, 3.05) is 13.2 Å². The average Bonchev–Trinajstić information content (AvgIpc) is 2.56. The molecule has 0 saturated carbocycles. The van der Waals surface area contributed by atoms with Crippen LogP contribution in [0.2, 0.25) is 5.02 Å². The molecule has 2 N–H and O–H groups in total. The first-order chi connectivity index (χ1) is 11.9. The van der Waals surface area contributed by atoms with Gasteiger partial charge in [-0.25, -0.2) is 9.59 Å². The average molecular weight is 367 g/mol. The van der Waals surface area contributed by atoms with Crippen LogP contribution in [0.5, 0.6) is 5.75 Å². The Kier molecular flexibility index (Phi) is 6.31. The molecular formula is C18H23ClN2O4. The number of halogens is 1. The minimum atomic E-state index is -0.640. The van der Waals surface area contributed by atoms with E-state index in [0.717, 1.165) is 0 Å². The van der Waals surface area contributed by atoms with E-state index in [1.165, 1.54) is 0 Å². The monoisotopic (exact) mass is 366 g/mol. The van der Waals surface area contributed by atoms with E-state index in [0.29, 0.717) is 34.2 Å². The summed E-state index contributed by atoms with van der Waals surface area (Å²) in [7, 11) is 0. The van der Waals surface area contributed by atoms with Crippen molar-refractivity contribution in [2.45, 2.75) is 33.7 Å². The van der Waals surface area contributed by atoms with Crippen molar-refractivity contribution in [3.05, 3.63) is 40.1 Å². The Balaban J connectivity index is 2.52. The van der Waals surface area contributed by atoms with Gasteiger partial charge in [0.25, 0.3) is 0 Å². The highest BCUT2D eigenvalue weighted by molar-refractivity contribution is 6.32. The molecule has 6 nitrogen and oxygen atoms in total. The number of urea groups is 1. The zero-order valence-electron chi connectivity index (χ0n) is 14.8. The third kappa shape index (κ3) is 4.25. The van der Waals surface area contributed by atoms with E-state index < -0.39 is 12.0 Å². The van der Waals surface area contributed by atoms with Crippen LogP contribution in [0.15, 0.2) is 29.5 Å².